The molecule has 0 aromatic heterocycles. The van der Waals surface area contributed by atoms with Crippen LogP contribution < -0.4 is 10.2 Å². The zero-order chi connectivity index (χ0) is 11.5. The van der Waals surface area contributed by atoms with Crippen LogP contribution >= 0.6 is 0 Å². The molecule has 1 saturated heterocycles. The molecule has 1 aromatic carbocycles. The lowest BCUT2D eigenvalue weighted by molar-refractivity contribution is 0.357. The summed E-state index contributed by atoms with van der Waals surface area (Å²) < 4.78 is 0. The third-order valence-corrected chi connectivity index (χ3v) is 3.39. The summed E-state index contributed by atoms with van der Waals surface area (Å²) in [6.45, 7) is 7.10. The van der Waals surface area contributed by atoms with Gasteiger partial charge in [-0.3, -0.25) is 0 Å². The number of hydrogen-bond donors (Lipinski definition) is 1. The molecule has 0 spiro atoms. The highest BCUT2D eigenvalue weighted by molar-refractivity contribution is 5.55. The maximum absolute atomic E-state index is 3.16. The van der Waals surface area contributed by atoms with Crippen LogP contribution in [0.4, 0.5) is 11.4 Å². The molecule has 0 amide bonds. The molecule has 1 N–H and O–H groups in total. The predicted molar refractivity (Wildman–Crippen MR) is 71.1 cm³/mol. The average Bonchev–Trinajstić information content (AvgIpc) is 2.28. The van der Waals surface area contributed by atoms with Gasteiger partial charge in [-0.25, -0.2) is 0 Å². The first-order chi connectivity index (χ1) is 7.69. The van der Waals surface area contributed by atoms with Gasteiger partial charge in [-0.15, -0.1) is 0 Å². The fourth-order valence-corrected chi connectivity index (χ4v) is 2.71. The highest BCUT2D eigenvalue weighted by atomic mass is 15.1. The van der Waals surface area contributed by atoms with Crippen molar-refractivity contribution in [3.8, 4) is 0 Å². The Balaban J connectivity index is 2.10. The van der Waals surface area contributed by atoms with Gasteiger partial charge in [0, 0.05) is 31.5 Å². The highest BCUT2D eigenvalue weighted by Gasteiger charge is 2.21. The fraction of sp³-hybridized carbons (Fsp3) is 0.571. The van der Waals surface area contributed by atoms with Crippen molar-refractivity contribution in [3.63, 3.8) is 0 Å². The van der Waals surface area contributed by atoms with E-state index in [0.29, 0.717) is 0 Å². The summed E-state index contributed by atoms with van der Waals surface area (Å²) in [5.41, 5.74) is 2.54. The molecule has 1 aliphatic rings. The molecule has 88 valence electrons. The first-order valence-corrected chi connectivity index (χ1v) is 6.22. The number of hydrogen-bond acceptors (Lipinski definition) is 2. The van der Waals surface area contributed by atoms with Crippen molar-refractivity contribution in [1.82, 2.24) is 0 Å². The van der Waals surface area contributed by atoms with Crippen LogP contribution in [0.5, 0.6) is 0 Å². The summed E-state index contributed by atoms with van der Waals surface area (Å²) in [6.07, 6.45) is 1.37. The topological polar surface area (TPSA) is 15.3 Å². The summed E-state index contributed by atoms with van der Waals surface area (Å²) in [7, 11) is 1.96. The van der Waals surface area contributed by atoms with Gasteiger partial charge in [-0.1, -0.05) is 13.8 Å². The smallest absolute Gasteiger partial charge is 0.0367 e. The summed E-state index contributed by atoms with van der Waals surface area (Å²) in [4.78, 5) is 2.51. The Kier molecular flexibility index (Phi) is 3.37. The molecular formula is C14H22N2. The Morgan fingerprint density at radius 3 is 2.12 bits per heavy atom. The van der Waals surface area contributed by atoms with Gasteiger partial charge >= 0.3 is 0 Å². The van der Waals surface area contributed by atoms with Gasteiger partial charge in [0.15, 0.2) is 0 Å². The van der Waals surface area contributed by atoms with Crippen LogP contribution in [0.15, 0.2) is 24.3 Å². The van der Waals surface area contributed by atoms with E-state index in [1.54, 1.807) is 0 Å². The maximum Gasteiger partial charge on any atom is 0.0367 e. The largest absolute Gasteiger partial charge is 0.388 e. The van der Waals surface area contributed by atoms with Crippen LogP contribution in [0.1, 0.15) is 20.3 Å². The van der Waals surface area contributed by atoms with Crippen LogP contribution in [0, 0.1) is 11.8 Å². The predicted octanol–water partition coefficient (Wildman–Crippen LogP) is 3.21. The van der Waals surface area contributed by atoms with Crippen molar-refractivity contribution in [2.45, 2.75) is 20.3 Å². The number of rotatable bonds is 2. The van der Waals surface area contributed by atoms with E-state index >= 15 is 0 Å². The van der Waals surface area contributed by atoms with Crippen molar-refractivity contribution in [2.24, 2.45) is 11.8 Å². The molecule has 0 bridgehead atoms. The van der Waals surface area contributed by atoms with E-state index in [0.717, 1.165) is 11.8 Å². The van der Waals surface area contributed by atoms with Crippen molar-refractivity contribution in [3.05, 3.63) is 24.3 Å². The van der Waals surface area contributed by atoms with Crippen LogP contribution in [0.3, 0.4) is 0 Å². The van der Waals surface area contributed by atoms with Crippen molar-refractivity contribution in [2.75, 3.05) is 30.4 Å². The monoisotopic (exact) mass is 218 g/mol. The van der Waals surface area contributed by atoms with E-state index in [9.17, 15) is 0 Å². The molecular weight excluding hydrogens is 196 g/mol. The molecule has 0 aliphatic carbocycles. The van der Waals surface area contributed by atoms with E-state index in [1.807, 2.05) is 7.05 Å². The first-order valence-electron chi connectivity index (χ1n) is 6.22. The van der Waals surface area contributed by atoms with E-state index in [4.69, 9.17) is 0 Å². The Hall–Kier alpha value is -1.18. The Bertz CT molecular complexity index is 321. The average molecular weight is 218 g/mol. The molecule has 2 heteroatoms. The van der Waals surface area contributed by atoms with Gasteiger partial charge in [-0.05, 0) is 42.5 Å². The summed E-state index contributed by atoms with van der Waals surface area (Å²) in [5.74, 6) is 1.63. The second-order valence-corrected chi connectivity index (χ2v) is 5.15. The minimum Gasteiger partial charge on any atom is -0.388 e. The molecule has 2 atom stereocenters. The standard InChI is InChI=1S/C14H22N2/c1-11-8-12(2)10-16(9-11)14-6-4-13(15-3)5-7-14/h4-7,11-12,15H,8-10H2,1-3H3. The second kappa shape index (κ2) is 4.77. The minimum absolute atomic E-state index is 0.813. The van der Waals surface area contributed by atoms with Gasteiger partial charge in [-0.2, -0.15) is 0 Å². The summed E-state index contributed by atoms with van der Waals surface area (Å²) >= 11 is 0. The molecule has 2 rings (SSSR count). The van der Waals surface area contributed by atoms with Crippen LogP contribution in [-0.2, 0) is 0 Å². The number of nitrogens with one attached hydrogen (secondary N) is 1. The van der Waals surface area contributed by atoms with Crippen LogP contribution in [0.25, 0.3) is 0 Å². The molecule has 2 nitrogen and oxygen atoms in total. The zero-order valence-corrected chi connectivity index (χ0v) is 10.5. The van der Waals surface area contributed by atoms with Crippen LogP contribution in [0.2, 0.25) is 0 Å². The lowest BCUT2D eigenvalue weighted by Gasteiger charge is -2.36. The fourth-order valence-electron chi connectivity index (χ4n) is 2.71. The van der Waals surface area contributed by atoms with E-state index < -0.39 is 0 Å². The number of anilines is 2. The van der Waals surface area contributed by atoms with Gasteiger partial charge < -0.3 is 10.2 Å². The highest BCUT2D eigenvalue weighted by Crippen LogP contribution is 2.26. The van der Waals surface area contributed by atoms with Crippen LogP contribution in [-0.4, -0.2) is 20.1 Å². The number of piperidine rings is 1. The summed E-state index contributed by atoms with van der Waals surface area (Å²) in [5, 5.41) is 3.16. The minimum atomic E-state index is 0.813. The maximum atomic E-state index is 3.16. The normalized spacial score (nSPS) is 25.6. The van der Waals surface area contributed by atoms with Gasteiger partial charge in [0.05, 0.1) is 0 Å². The molecule has 1 aliphatic heterocycles. The lowest BCUT2D eigenvalue weighted by Crippen LogP contribution is -2.38. The third kappa shape index (κ3) is 2.49. The number of nitrogens with zero attached hydrogens (tertiary/aromatic N) is 1. The van der Waals surface area contributed by atoms with E-state index in [1.165, 1.54) is 30.9 Å². The number of benzene rings is 1. The summed E-state index contributed by atoms with van der Waals surface area (Å²) in [6, 6.07) is 8.74. The molecule has 2 unspecified atom stereocenters. The first kappa shape index (κ1) is 11.3. The van der Waals surface area contributed by atoms with Crippen molar-refractivity contribution >= 4 is 11.4 Å². The molecule has 0 saturated carbocycles. The molecule has 1 heterocycles. The molecule has 16 heavy (non-hydrogen) atoms. The van der Waals surface area contributed by atoms with Crippen molar-refractivity contribution in [1.29, 1.82) is 0 Å². The Labute approximate surface area is 98.7 Å². The van der Waals surface area contributed by atoms with Crippen molar-refractivity contribution < 1.29 is 0 Å². The quantitative estimate of drug-likeness (QED) is 0.820. The van der Waals surface area contributed by atoms with E-state index in [-0.39, 0.29) is 0 Å². The molecule has 1 aromatic rings. The van der Waals surface area contributed by atoms with Gasteiger partial charge in [0.1, 0.15) is 0 Å². The van der Waals surface area contributed by atoms with E-state index in [2.05, 4.69) is 48.3 Å². The lowest BCUT2D eigenvalue weighted by atomic mass is 9.91. The van der Waals surface area contributed by atoms with Gasteiger partial charge in [0.25, 0.3) is 0 Å². The zero-order valence-electron chi connectivity index (χ0n) is 10.5. The SMILES string of the molecule is CNc1ccc(N2CC(C)CC(C)C2)cc1. The Morgan fingerprint density at radius 1 is 1.06 bits per heavy atom. The third-order valence-electron chi connectivity index (χ3n) is 3.39. The second-order valence-electron chi connectivity index (χ2n) is 5.15. The Morgan fingerprint density at radius 2 is 1.62 bits per heavy atom. The molecule has 0 radical (unpaired) electrons. The molecule has 1 fully saturated rings. The van der Waals surface area contributed by atoms with Gasteiger partial charge in [0.2, 0.25) is 0 Å².